The Morgan fingerprint density at radius 1 is 1.47 bits per heavy atom. The number of hydrogen-bond acceptors (Lipinski definition) is 3. The van der Waals surface area contributed by atoms with Crippen LogP contribution >= 0.6 is 11.8 Å². The third-order valence-corrected chi connectivity index (χ3v) is 5.18. The second kappa shape index (κ2) is 8.15. The van der Waals surface area contributed by atoms with Crippen LogP contribution in [0.15, 0.2) is 0 Å². The lowest BCUT2D eigenvalue weighted by Gasteiger charge is -2.39. The SMILES string of the molecule is CCCCCSC1CCCC(NC(C)C)(C(=O)O)C1. The fraction of sp³-hybridized carbons (Fsp3) is 0.933. The molecule has 112 valence electrons. The molecule has 1 aliphatic rings. The average molecular weight is 287 g/mol. The van der Waals surface area contributed by atoms with Crippen LogP contribution in [0.4, 0.5) is 0 Å². The molecule has 1 saturated carbocycles. The molecular weight excluding hydrogens is 258 g/mol. The molecule has 0 heterocycles. The Morgan fingerprint density at radius 3 is 2.79 bits per heavy atom. The molecule has 2 unspecified atom stereocenters. The predicted molar refractivity (Wildman–Crippen MR) is 82.9 cm³/mol. The molecule has 0 aromatic carbocycles. The molecule has 4 heteroatoms. The molecule has 2 N–H and O–H groups in total. The summed E-state index contributed by atoms with van der Waals surface area (Å²) in [6.45, 7) is 6.28. The Balaban J connectivity index is 2.51. The number of carbonyl (C=O) groups is 1. The van der Waals surface area contributed by atoms with Crippen molar-refractivity contribution < 1.29 is 9.90 Å². The summed E-state index contributed by atoms with van der Waals surface area (Å²) in [5, 5.41) is 13.4. The van der Waals surface area contributed by atoms with Crippen LogP contribution in [-0.4, -0.2) is 33.7 Å². The molecule has 0 aliphatic heterocycles. The van der Waals surface area contributed by atoms with Gasteiger partial charge in [0, 0.05) is 11.3 Å². The highest BCUT2D eigenvalue weighted by atomic mass is 32.2. The summed E-state index contributed by atoms with van der Waals surface area (Å²) in [4.78, 5) is 11.7. The molecule has 1 rings (SSSR count). The minimum atomic E-state index is -0.686. The zero-order valence-electron chi connectivity index (χ0n) is 12.6. The molecule has 19 heavy (non-hydrogen) atoms. The minimum absolute atomic E-state index is 0.222. The van der Waals surface area contributed by atoms with Crippen molar-refractivity contribution in [2.75, 3.05) is 5.75 Å². The molecule has 0 spiro atoms. The van der Waals surface area contributed by atoms with Crippen LogP contribution in [0.5, 0.6) is 0 Å². The van der Waals surface area contributed by atoms with Gasteiger partial charge in [-0.25, -0.2) is 0 Å². The van der Waals surface area contributed by atoms with Crippen molar-refractivity contribution in [1.82, 2.24) is 5.32 Å². The third-order valence-electron chi connectivity index (χ3n) is 3.78. The quantitative estimate of drug-likeness (QED) is 0.669. The van der Waals surface area contributed by atoms with E-state index in [0.29, 0.717) is 5.25 Å². The first-order valence-corrected chi connectivity index (χ1v) is 8.67. The summed E-state index contributed by atoms with van der Waals surface area (Å²) in [7, 11) is 0. The van der Waals surface area contributed by atoms with Gasteiger partial charge in [0.1, 0.15) is 5.54 Å². The topological polar surface area (TPSA) is 49.3 Å². The summed E-state index contributed by atoms with van der Waals surface area (Å²) in [6.07, 6.45) is 7.54. The molecule has 0 amide bonds. The Hall–Kier alpha value is -0.220. The lowest BCUT2D eigenvalue weighted by Crippen LogP contribution is -2.57. The summed E-state index contributed by atoms with van der Waals surface area (Å²) >= 11 is 1.98. The fourth-order valence-corrected chi connectivity index (χ4v) is 4.35. The molecular formula is C15H29NO2S. The van der Waals surface area contributed by atoms with Crippen molar-refractivity contribution in [3.05, 3.63) is 0 Å². The van der Waals surface area contributed by atoms with Crippen molar-refractivity contribution in [2.24, 2.45) is 0 Å². The Labute approximate surface area is 121 Å². The second-order valence-electron chi connectivity index (χ2n) is 5.98. The fourth-order valence-electron chi connectivity index (χ4n) is 2.91. The van der Waals surface area contributed by atoms with E-state index in [-0.39, 0.29) is 6.04 Å². The molecule has 2 atom stereocenters. The van der Waals surface area contributed by atoms with Gasteiger partial charge in [-0.05, 0) is 51.7 Å². The third kappa shape index (κ3) is 5.35. The molecule has 0 aromatic heterocycles. The van der Waals surface area contributed by atoms with Gasteiger partial charge >= 0.3 is 5.97 Å². The normalized spacial score (nSPS) is 27.7. The highest BCUT2D eigenvalue weighted by molar-refractivity contribution is 7.99. The van der Waals surface area contributed by atoms with Crippen LogP contribution in [0.3, 0.4) is 0 Å². The van der Waals surface area contributed by atoms with Crippen molar-refractivity contribution >= 4 is 17.7 Å². The van der Waals surface area contributed by atoms with E-state index < -0.39 is 11.5 Å². The number of nitrogens with one attached hydrogen (secondary N) is 1. The largest absolute Gasteiger partial charge is 0.480 e. The lowest BCUT2D eigenvalue weighted by atomic mass is 9.81. The van der Waals surface area contributed by atoms with Crippen LogP contribution in [0.1, 0.15) is 65.7 Å². The van der Waals surface area contributed by atoms with Gasteiger partial charge in [-0.3, -0.25) is 10.1 Å². The maximum absolute atomic E-state index is 11.7. The Kier molecular flexibility index (Phi) is 7.22. The summed E-state index contributed by atoms with van der Waals surface area (Å²) in [5.74, 6) is 0.510. The van der Waals surface area contributed by atoms with Crippen molar-refractivity contribution in [3.8, 4) is 0 Å². The first kappa shape index (κ1) is 16.8. The average Bonchev–Trinajstić information content (AvgIpc) is 2.34. The minimum Gasteiger partial charge on any atom is -0.480 e. The van der Waals surface area contributed by atoms with Crippen molar-refractivity contribution in [3.63, 3.8) is 0 Å². The van der Waals surface area contributed by atoms with Crippen LogP contribution < -0.4 is 5.32 Å². The second-order valence-corrected chi connectivity index (χ2v) is 7.39. The first-order chi connectivity index (χ1) is 9.00. The number of hydrogen-bond donors (Lipinski definition) is 2. The first-order valence-electron chi connectivity index (χ1n) is 7.63. The van der Waals surface area contributed by atoms with Gasteiger partial charge in [0.25, 0.3) is 0 Å². The number of carboxylic acid groups (broad SMARTS) is 1. The zero-order chi connectivity index (χ0) is 14.3. The number of aliphatic carboxylic acids is 1. The van der Waals surface area contributed by atoms with Gasteiger partial charge < -0.3 is 5.11 Å². The predicted octanol–water partition coefficient (Wildman–Crippen LogP) is 3.67. The molecule has 0 radical (unpaired) electrons. The van der Waals surface area contributed by atoms with Crippen LogP contribution in [0.25, 0.3) is 0 Å². The molecule has 0 bridgehead atoms. The van der Waals surface area contributed by atoms with Crippen LogP contribution in [0, 0.1) is 0 Å². The van der Waals surface area contributed by atoms with E-state index in [1.807, 2.05) is 25.6 Å². The molecule has 0 saturated heterocycles. The van der Waals surface area contributed by atoms with Crippen molar-refractivity contribution in [1.29, 1.82) is 0 Å². The van der Waals surface area contributed by atoms with Crippen molar-refractivity contribution in [2.45, 2.75) is 82.5 Å². The van der Waals surface area contributed by atoms with E-state index >= 15 is 0 Å². The monoisotopic (exact) mass is 287 g/mol. The number of thioether (sulfide) groups is 1. The van der Waals surface area contributed by atoms with Gasteiger partial charge in [-0.2, -0.15) is 11.8 Å². The summed E-state index contributed by atoms with van der Waals surface area (Å²) < 4.78 is 0. The van der Waals surface area contributed by atoms with E-state index in [1.165, 1.54) is 31.4 Å². The van der Waals surface area contributed by atoms with E-state index in [9.17, 15) is 9.90 Å². The number of carboxylic acids is 1. The molecule has 1 fully saturated rings. The maximum Gasteiger partial charge on any atom is 0.323 e. The number of rotatable bonds is 8. The van der Waals surface area contributed by atoms with Crippen LogP contribution in [0.2, 0.25) is 0 Å². The van der Waals surface area contributed by atoms with Gasteiger partial charge in [0.2, 0.25) is 0 Å². The molecule has 0 aromatic rings. The van der Waals surface area contributed by atoms with E-state index in [2.05, 4.69) is 12.2 Å². The van der Waals surface area contributed by atoms with E-state index in [4.69, 9.17) is 0 Å². The van der Waals surface area contributed by atoms with Gasteiger partial charge in [-0.15, -0.1) is 0 Å². The number of unbranched alkanes of at least 4 members (excludes halogenated alkanes) is 2. The van der Waals surface area contributed by atoms with Crippen LogP contribution in [-0.2, 0) is 4.79 Å². The Morgan fingerprint density at radius 2 is 2.21 bits per heavy atom. The van der Waals surface area contributed by atoms with E-state index in [0.717, 1.165) is 19.3 Å². The highest BCUT2D eigenvalue weighted by Crippen LogP contribution is 2.36. The highest BCUT2D eigenvalue weighted by Gasteiger charge is 2.43. The maximum atomic E-state index is 11.7. The Bertz CT molecular complexity index is 283. The summed E-state index contributed by atoms with van der Waals surface area (Å²) in [6, 6.07) is 0.222. The molecule has 3 nitrogen and oxygen atoms in total. The standard InChI is InChI=1S/C15H29NO2S/c1-4-5-6-10-19-13-8-7-9-15(11-13,14(17)18)16-12(2)3/h12-13,16H,4-11H2,1-3H3,(H,17,18). The lowest BCUT2D eigenvalue weighted by molar-refractivity contribution is -0.146. The smallest absolute Gasteiger partial charge is 0.323 e. The van der Waals surface area contributed by atoms with E-state index in [1.54, 1.807) is 0 Å². The zero-order valence-corrected chi connectivity index (χ0v) is 13.4. The van der Waals surface area contributed by atoms with Gasteiger partial charge in [-0.1, -0.05) is 19.8 Å². The summed E-state index contributed by atoms with van der Waals surface area (Å²) in [5.41, 5.74) is -0.686. The van der Waals surface area contributed by atoms with Gasteiger partial charge in [0.15, 0.2) is 0 Å². The van der Waals surface area contributed by atoms with Gasteiger partial charge in [0.05, 0.1) is 0 Å². The molecule has 1 aliphatic carbocycles.